The van der Waals surface area contributed by atoms with E-state index in [9.17, 15) is 0 Å². The molecule has 1 aliphatic rings. The molecule has 0 bridgehead atoms. The van der Waals surface area contributed by atoms with E-state index in [0.717, 1.165) is 24.6 Å². The summed E-state index contributed by atoms with van der Waals surface area (Å²) in [5, 5.41) is 2.11. The van der Waals surface area contributed by atoms with Gasteiger partial charge in [-0.1, -0.05) is 13.0 Å². The van der Waals surface area contributed by atoms with Crippen LogP contribution in [0, 0.1) is 5.92 Å². The number of aromatic nitrogens is 2. The fourth-order valence-electron chi connectivity index (χ4n) is 2.16. The quantitative estimate of drug-likeness (QED) is 0.718. The molecule has 0 spiro atoms. The van der Waals surface area contributed by atoms with Gasteiger partial charge in [0.1, 0.15) is 5.82 Å². The summed E-state index contributed by atoms with van der Waals surface area (Å²) in [6, 6.07) is 4.23. The van der Waals surface area contributed by atoms with Crippen LogP contribution >= 0.6 is 11.3 Å². The highest BCUT2D eigenvalue weighted by Gasteiger charge is 2.17. The van der Waals surface area contributed by atoms with Gasteiger partial charge in [-0.2, -0.15) is 0 Å². The molecule has 2 nitrogen and oxygen atoms in total. The first-order valence-corrected chi connectivity index (χ1v) is 6.31. The smallest absolute Gasteiger partial charge is 0.109 e. The van der Waals surface area contributed by atoms with E-state index in [1.165, 1.54) is 17.1 Å². The first-order valence-electron chi connectivity index (χ1n) is 5.43. The molecule has 0 saturated heterocycles. The highest BCUT2D eigenvalue weighted by molar-refractivity contribution is 7.13. The van der Waals surface area contributed by atoms with Crippen LogP contribution in [0.1, 0.15) is 19.2 Å². The summed E-state index contributed by atoms with van der Waals surface area (Å²) >= 11 is 1.76. The molecule has 15 heavy (non-hydrogen) atoms. The lowest BCUT2D eigenvalue weighted by atomic mass is 10.0. The second-order valence-corrected chi connectivity index (χ2v) is 5.26. The number of rotatable bonds is 1. The van der Waals surface area contributed by atoms with Crippen molar-refractivity contribution in [2.24, 2.45) is 5.92 Å². The van der Waals surface area contributed by atoms with Crippen LogP contribution in [0.3, 0.4) is 0 Å². The Morgan fingerprint density at radius 3 is 3.27 bits per heavy atom. The summed E-state index contributed by atoms with van der Waals surface area (Å²) in [4.78, 5) is 5.98. The van der Waals surface area contributed by atoms with Gasteiger partial charge in [0.05, 0.1) is 10.6 Å². The first-order chi connectivity index (χ1) is 7.33. The monoisotopic (exact) mass is 218 g/mol. The Morgan fingerprint density at radius 1 is 1.53 bits per heavy atom. The van der Waals surface area contributed by atoms with Crippen molar-refractivity contribution in [3.63, 3.8) is 0 Å². The SMILES string of the molecule is C[C@@H]1CCc2nc(-c3cccs3)cn2C1. The van der Waals surface area contributed by atoms with E-state index in [1.54, 1.807) is 11.3 Å². The van der Waals surface area contributed by atoms with Crippen molar-refractivity contribution in [1.82, 2.24) is 9.55 Å². The third kappa shape index (κ3) is 1.61. The Morgan fingerprint density at radius 2 is 2.47 bits per heavy atom. The molecule has 2 aromatic rings. The minimum atomic E-state index is 0.794. The molecule has 0 aromatic carbocycles. The van der Waals surface area contributed by atoms with Crippen LogP contribution < -0.4 is 0 Å². The van der Waals surface area contributed by atoms with E-state index in [2.05, 4.69) is 35.2 Å². The molecule has 0 unspecified atom stereocenters. The van der Waals surface area contributed by atoms with Crippen LogP contribution in [0.5, 0.6) is 0 Å². The van der Waals surface area contributed by atoms with Gasteiger partial charge < -0.3 is 4.57 Å². The maximum Gasteiger partial charge on any atom is 0.109 e. The lowest BCUT2D eigenvalue weighted by Crippen LogP contribution is -2.17. The van der Waals surface area contributed by atoms with E-state index >= 15 is 0 Å². The number of aryl methyl sites for hydroxylation is 1. The second-order valence-electron chi connectivity index (χ2n) is 4.32. The molecule has 0 fully saturated rings. The molecule has 3 heteroatoms. The molecule has 0 amide bonds. The number of hydrogen-bond acceptors (Lipinski definition) is 2. The molecule has 1 atom stereocenters. The Labute approximate surface area is 93.6 Å². The van der Waals surface area contributed by atoms with Gasteiger partial charge in [-0.05, 0) is 23.8 Å². The summed E-state index contributed by atoms with van der Waals surface area (Å²) in [6.45, 7) is 3.45. The molecule has 1 aliphatic heterocycles. The van der Waals surface area contributed by atoms with Crippen molar-refractivity contribution in [2.75, 3.05) is 0 Å². The van der Waals surface area contributed by atoms with Crippen LogP contribution in [-0.4, -0.2) is 9.55 Å². The summed E-state index contributed by atoms with van der Waals surface area (Å²) in [5.74, 6) is 2.05. The van der Waals surface area contributed by atoms with Crippen molar-refractivity contribution < 1.29 is 0 Å². The Hall–Kier alpha value is -1.09. The third-order valence-corrected chi connectivity index (χ3v) is 3.89. The van der Waals surface area contributed by atoms with Gasteiger partial charge in [0.15, 0.2) is 0 Å². The Bertz CT molecular complexity index is 456. The Kier molecular flexibility index (Phi) is 2.13. The van der Waals surface area contributed by atoms with Crippen LogP contribution in [0.4, 0.5) is 0 Å². The fourth-order valence-corrected chi connectivity index (χ4v) is 2.84. The van der Waals surface area contributed by atoms with Gasteiger partial charge in [-0.3, -0.25) is 0 Å². The summed E-state index contributed by atoms with van der Waals surface area (Å²) < 4.78 is 2.32. The van der Waals surface area contributed by atoms with Crippen LogP contribution in [0.25, 0.3) is 10.6 Å². The van der Waals surface area contributed by atoms with Gasteiger partial charge >= 0.3 is 0 Å². The number of fused-ring (bicyclic) bond motifs is 1. The summed E-state index contributed by atoms with van der Waals surface area (Å²) in [6.07, 6.45) is 4.62. The standard InChI is InChI=1S/C12H14N2S/c1-9-4-5-12-13-10(8-14(12)7-9)11-3-2-6-15-11/h2-3,6,8-9H,4-5,7H2,1H3/t9-/m1/s1. The molecule has 3 heterocycles. The van der Waals surface area contributed by atoms with Gasteiger partial charge in [0.2, 0.25) is 0 Å². The third-order valence-electron chi connectivity index (χ3n) is 3.00. The zero-order valence-electron chi connectivity index (χ0n) is 8.81. The van der Waals surface area contributed by atoms with Gasteiger partial charge in [0.25, 0.3) is 0 Å². The Balaban J connectivity index is 2.00. The van der Waals surface area contributed by atoms with E-state index in [-0.39, 0.29) is 0 Å². The zero-order valence-corrected chi connectivity index (χ0v) is 9.63. The second kappa shape index (κ2) is 3.49. The predicted octanol–water partition coefficient (Wildman–Crippen LogP) is 3.19. The number of nitrogens with zero attached hydrogens (tertiary/aromatic N) is 2. The topological polar surface area (TPSA) is 17.8 Å². The molecular weight excluding hydrogens is 204 g/mol. The summed E-state index contributed by atoms with van der Waals surface area (Å²) in [7, 11) is 0. The highest BCUT2D eigenvalue weighted by atomic mass is 32.1. The molecule has 0 saturated carbocycles. The predicted molar refractivity (Wildman–Crippen MR) is 63.0 cm³/mol. The van der Waals surface area contributed by atoms with Crippen LogP contribution in [-0.2, 0) is 13.0 Å². The average molecular weight is 218 g/mol. The normalized spacial score (nSPS) is 20.2. The summed E-state index contributed by atoms with van der Waals surface area (Å²) in [5.41, 5.74) is 1.15. The molecule has 0 radical (unpaired) electrons. The van der Waals surface area contributed by atoms with Crippen molar-refractivity contribution in [3.8, 4) is 10.6 Å². The van der Waals surface area contributed by atoms with Crippen molar-refractivity contribution in [3.05, 3.63) is 29.5 Å². The van der Waals surface area contributed by atoms with Crippen molar-refractivity contribution in [2.45, 2.75) is 26.3 Å². The first kappa shape index (κ1) is 9.16. The lowest BCUT2D eigenvalue weighted by Gasteiger charge is -2.19. The van der Waals surface area contributed by atoms with E-state index in [0.29, 0.717) is 0 Å². The zero-order chi connectivity index (χ0) is 10.3. The molecule has 0 N–H and O–H groups in total. The maximum absolute atomic E-state index is 4.70. The average Bonchev–Trinajstić information content (AvgIpc) is 2.84. The maximum atomic E-state index is 4.70. The minimum absolute atomic E-state index is 0.794. The molecule has 2 aromatic heterocycles. The van der Waals surface area contributed by atoms with E-state index < -0.39 is 0 Å². The van der Waals surface area contributed by atoms with Crippen LogP contribution in [0.2, 0.25) is 0 Å². The number of thiophene rings is 1. The minimum Gasteiger partial charge on any atom is -0.334 e. The fraction of sp³-hybridized carbons (Fsp3) is 0.417. The van der Waals surface area contributed by atoms with E-state index in [1.807, 2.05) is 0 Å². The molecule has 0 aliphatic carbocycles. The number of hydrogen-bond donors (Lipinski definition) is 0. The van der Waals surface area contributed by atoms with Crippen molar-refractivity contribution >= 4 is 11.3 Å². The molecular formula is C12H14N2S. The van der Waals surface area contributed by atoms with Crippen molar-refractivity contribution in [1.29, 1.82) is 0 Å². The van der Waals surface area contributed by atoms with Gasteiger partial charge in [-0.25, -0.2) is 4.98 Å². The lowest BCUT2D eigenvalue weighted by molar-refractivity contribution is 0.394. The van der Waals surface area contributed by atoms with Gasteiger partial charge in [0, 0.05) is 19.2 Å². The van der Waals surface area contributed by atoms with E-state index in [4.69, 9.17) is 4.98 Å². The molecule has 78 valence electrons. The van der Waals surface area contributed by atoms with Gasteiger partial charge in [-0.15, -0.1) is 11.3 Å². The molecule has 3 rings (SSSR count). The number of imidazole rings is 1. The largest absolute Gasteiger partial charge is 0.334 e. The highest BCUT2D eigenvalue weighted by Crippen LogP contribution is 2.27. The van der Waals surface area contributed by atoms with Crippen LogP contribution in [0.15, 0.2) is 23.7 Å².